The van der Waals surface area contributed by atoms with E-state index in [-0.39, 0.29) is 0 Å². The Balaban J connectivity index is 1.88. The molecular weight excluding hydrogens is 240 g/mol. The van der Waals surface area contributed by atoms with Gasteiger partial charge in [-0.2, -0.15) is 11.8 Å². The van der Waals surface area contributed by atoms with Gasteiger partial charge in [-0.3, -0.25) is 0 Å². The van der Waals surface area contributed by atoms with Gasteiger partial charge in [-0.25, -0.2) is 0 Å². The van der Waals surface area contributed by atoms with Crippen molar-refractivity contribution in [2.75, 3.05) is 38.2 Å². The van der Waals surface area contributed by atoms with Crippen molar-refractivity contribution in [1.29, 1.82) is 0 Å². The number of hydrogen-bond acceptors (Lipinski definition) is 3. The highest BCUT2D eigenvalue weighted by atomic mass is 32.2. The first-order valence-electron chi connectivity index (χ1n) is 7.68. The van der Waals surface area contributed by atoms with Crippen LogP contribution in [-0.4, -0.2) is 49.1 Å². The van der Waals surface area contributed by atoms with Crippen molar-refractivity contribution in [3.63, 3.8) is 0 Å². The fourth-order valence-electron chi connectivity index (χ4n) is 3.60. The van der Waals surface area contributed by atoms with Gasteiger partial charge in [-0.05, 0) is 44.1 Å². The average Bonchev–Trinajstić information content (AvgIpc) is 2.39. The lowest BCUT2D eigenvalue weighted by molar-refractivity contribution is 0.129. The second-order valence-corrected chi connectivity index (χ2v) is 7.61. The Bertz CT molecular complexity index is 239. The van der Waals surface area contributed by atoms with E-state index in [1.54, 1.807) is 0 Å². The smallest absolute Gasteiger partial charge is 0.0105 e. The van der Waals surface area contributed by atoms with Crippen LogP contribution in [0, 0.1) is 17.8 Å². The van der Waals surface area contributed by atoms with Crippen molar-refractivity contribution >= 4 is 11.8 Å². The van der Waals surface area contributed by atoms with E-state index in [0.29, 0.717) is 0 Å². The summed E-state index contributed by atoms with van der Waals surface area (Å²) in [7, 11) is 2.15. The molecule has 2 nitrogen and oxygen atoms in total. The maximum Gasteiger partial charge on any atom is 0.0105 e. The Morgan fingerprint density at radius 1 is 1.22 bits per heavy atom. The van der Waals surface area contributed by atoms with E-state index in [4.69, 9.17) is 0 Å². The molecule has 0 aromatic carbocycles. The minimum Gasteiger partial charge on any atom is -0.317 e. The van der Waals surface area contributed by atoms with E-state index >= 15 is 0 Å². The van der Waals surface area contributed by atoms with Gasteiger partial charge in [0, 0.05) is 37.2 Å². The predicted molar refractivity (Wildman–Crippen MR) is 82.3 cm³/mol. The topological polar surface area (TPSA) is 15.3 Å². The molecule has 0 bridgehead atoms. The highest BCUT2D eigenvalue weighted by molar-refractivity contribution is 7.99. The van der Waals surface area contributed by atoms with Gasteiger partial charge in [0.15, 0.2) is 0 Å². The van der Waals surface area contributed by atoms with Gasteiger partial charge < -0.3 is 10.2 Å². The van der Waals surface area contributed by atoms with Crippen molar-refractivity contribution in [3.05, 3.63) is 0 Å². The standard InChI is InChI=1S/C15H30N2S/c1-12(2)13-4-5-15(16-3)14(10-13)11-17-6-8-18-9-7-17/h12-16H,4-11H2,1-3H3. The van der Waals surface area contributed by atoms with E-state index in [1.165, 1.54) is 50.4 Å². The molecule has 18 heavy (non-hydrogen) atoms. The summed E-state index contributed by atoms with van der Waals surface area (Å²) in [6.45, 7) is 8.75. The third kappa shape index (κ3) is 3.88. The molecule has 106 valence electrons. The molecule has 0 spiro atoms. The van der Waals surface area contributed by atoms with Crippen molar-refractivity contribution in [1.82, 2.24) is 10.2 Å². The lowest BCUT2D eigenvalue weighted by Gasteiger charge is -2.41. The molecule has 0 aromatic heterocycles. The highest BCUT2D eigenvalue weighted by Gasteiger charge is 2.32. The molecule has 0 amide bonds. The molecule has 2 fully saturated rings. The highest BCUT2D eigenvalue weighted by Crippen LogP contribution is 2.34. The summed E-state index contributed by atoms with van der Waals surface area (Å²) in [5.74, 6) is 5.37. The first-order valence-corrected chi connectivity index (χ1v) is 8.83. The quantitative estimate of drug-likeness (QED) is 0.845. The summed E-state index contributed by atoms with van der Waals surface area (Å²) in [6.07, 6.45) is 4.24. The zero-order valence-corrected chi connectivity index (χ0v) is 13.1. The molecule has 2 aliphatic rings. The Morgan fingerprint density at radius 2 is 1.94 bits per heavy atom. The lowest BCUT2D eigenvalue weighted by Crippen LogP contribution is -2.47. The van der Waals surface area contributed by atoms with Crippen LogP contribution in [0.25, 0.3) is 0 Å². The first-order chi connectivity index (χ1) is 8.70. The molecule has 1 aliphatic heterocycles. The van der Waals surface area contributed by atoms with Crippen LogP contribution < -0.4 is 5.32 Å². The first kappa shape index (κ1) is 14.7. The Kier molecular flexibility index (Phi) is 5.84. The van der Waals surface area contributed by atoms with Crippen molar-refractivity contribution in [2.24, 2.45) is 17.8 Å². The molecule has 3 atom stereocenters. The van der Waals surface area contributed by atoms with E-state index < -0.39 is 0 Å². The van der Waals surface area contributed by atoms with E-state index in [0.717, 1.165) is 23.8 Å². The second-order valence-electron chi connectivity index (χ2n) is 6.39. The lowest BCUT2D eigenvalue weighted by atomic mass is 9.73. The Morgan fingerprint density at radius 3 is 2.56 bits per heavy atom. The van der Waals surface area contributed by atoms with Crippen LogP contribution >= 0.6 is 11.8 Å². The third-order valence-corrected chi connectivity index (χ3v) is 5.88. The number of nitrogens with zero attached hydrogens (tertiary/aromatic N) is 1. The molecule has 1 saturated heterocycles. The summed E-state index contributed by atoms with van der Waals surface area (Å²) < 4.78 is 0. The van der Waals surface area contributed by atoms with Gasteiger partial charge in [-0.1, -0.05) is 13.8 Å². The maximum atomic E-state index is 3.57. The van der Waals surface area contributed by atoms with Gasteiger partial charge in [0.1, 0.15) is 0 Å². The normalized spacial score (nSPS) is 35.0. The molecule has 1 N–H and O–H groups in total. The van der Waals surface area contributed by atoms with Gasteiger partial charge in [0.05, 0.1) is 0 Å². The molecule has 1 heterocycles. The summed E-state index contributed by atoms with van der Waals surface area (Å²) in [6, 6.07) is 0.759. The SMILES string of the molecule is CNC1CCC(C(C)C)CC1CN1CCSCC1. The minimum absolute atomic E-state index is 0.759. The van der Waals surface area contributed by atoms with Crippen molar-refractivity contribution in [2.45, 2.75) is 39.2 Å². The molecule has 3 heteroatoms. The van der Waals surface area contributed by atoms with Crippen LogP contribution in [0.15, 0.2) is 0 Å². The minimum atomic E-state index is 0.759. The van der Waals surface area contributed by atoms with Crippen LogP contribution in [0.3, 0.4) is 0 Å². The second kappa shape index (κ2) is 7.16. The molecule has 1 aliphatic carbocycles. The average molecular weight is 270 g/mol. The molecule has 0 radical (unpaired) electrons. The molecule has 2 rings (SSSR count). The monoisotopic (exact) mass is 270 g/mol. The summed E-state index contributed by atoms with van der Waals surface area (Å²) in [5, 5.41) is 3.57. The Labute approximate surface area is 117 Å². The Hall–Kier alpha value is 0.270. The summed E-state index contributed by atoms with van der Waals surface area (Å²) >= 11 is 2.12. The zero-order chi connectivity index (χ0) is 13.0. The number of hydrogen-bond donors (Lipinski definition) is 1. The maximum absolute atomic E-state index is 3.57. The fourth-order valence-corrected chi connectivity index (χ4v) is 4.58. The predicted octanol–water partition coefficient (Wildman–Crippen LogP) is 2.70. The summed E-state index contributed by atoms with van der Waals surface area (Å²) in [5.41, 5.74) is 0. The van der Waals surface area contributed by atoms with Gasteiger partial charge >= 0.3 is 0 Å². The summed E-state index contributed by atoms with van der Waals surface area (Å²) in [4.78, 5) is 2.70. The van der Waals surface area contributed by atoms with Crippen LogP contribution in [0.1, 0.15) is 33.1 Å². The van der Waals surface area contributed by atoms with Crippen LogP contribution in [0.4, 0.5) is 0 Å². The van der Waals surface area contributed by atoms with E-state index in [2.05, 4.69) is 42.9 Å². The van der Waals surface area contributed by atoms with E-state index in [9.17, 15) is 0 Å². The third-order valence-electron chi connectivity index (χ3n) is 4.93. The largest absolute Gasteiger partial charge is 0.317 e. The van der Waals surface area contributed by atoms with Crippen molar-refractivity contribution in [3.8, 4) is 0 Å². The molecule has 1 saturated carbocycles. The van der Waals surface area contributed by atoms with E-state index in [1.807, 2.05) is 0 Å². The van der Waals surface area contributed by atoms with Crippen molar-refractivity contribution < 1.29 is 0 Å². The molecule has 3 unspecified atom stereocenters. The van der Waals surface area contributed by atoms with Gasteiger partial charge in [0.25, 0.3) is 0 Å². The number of nitrogens with one attached hydrogen (secondary N) is 1. The van der Waals surface area contributed by atoms with Crippen LogP contribution in [0.5, 0.6) is 0 Å². The van der Waals surface area contributed by atoms with Crippen LogP contribution in [-0.2, 0) is 0 Å². The van der Waals surface area contributed by atoms with Crippen LogP contribution in [0.2, 0.25) is 0 Å². The number of rotatable bonds is 4. The van der Waals surface area contributed by atoms with Gasteiger partial charge in [-0.15, -0.1) is 0 Å². The fraction of sp³-hybridized carbons (Fsp3) is 1.00. The zero-order valence-electron chi connectivity index (χ0n) is 12.3. The number of thioether (sulfide) groups is 1. The molecule has 0 aromatic rings. The van der Waals surface area contributed by atoms with Gasteiger partial charge in [0.2, 0.25) is 0 Å². The molecular formula is C15H30N2S.